The molecule has 1 aromatic carbocycles. The molecular formula is C20H29N3. The summed E-state index contributed by atoms with van der Waals surface area (Å²) in [4.78, 5) is 0. The molecule has 3 rings (SSSR count). The highest BCUT2D eigenvalue weighted by atomic mass is 15.3. The molecule has 23 heavy (non-hydrogen) atoms. The maximum Gasteiger partial charge on any atom is 0.0762 e. The molecule has 2 aromatic rings. The van der Waals surface area contributed by atoms with Crippen LogP contribution in [0, 0.1) is 5.92 Å². The molecule has 0 spiro atoms. The Bertz CT molecular complexity index is 582. The molecule has 3 heteroatoms. The van der Waals surface area contributed by atoms with Gasteiger partial charge in [0.15, 0.2) is 0 Å². The molecular weight excluding hydrogens is 282 g/mol. The Hall–Kier alpha value is -1.61. The second-order valence-electron chi connectivity index (χ2n) is 7.05. The molecule has 0 aliphatic heterocycles. The Kier molecular flexibility index (Phi) is 5.50. The average molecular weight is 311 g/mol. The van der Waals surface area contributed by atoms with Crippen LogP contribution in [0.5, 0.6) is 0 Å². The minimum absolute atomic E-state index is 0.423. The van der Waals surface area contributed by atoms with E-state index in [1.807, 2.05) is 4.68 Å². The van der Waals surface area contributed by atoms with E-state index in [1.54, 1.807) is 0 Å². The summed E-state index contributed by atoms with van der Waals surface area (Å²) in [5.41, 5.74) is 2.55. The third-order valence-corrected chi connectivity index (χ3v) is 4.98. The Balaban J connectivity index is 1.70. The van der Waals surface area contributed by atoms with E-state index in [0.29, 0.717) is 12.1 Å². The lowest BCUT2D eigenvalue weighted by molar-refractivity contribution is 0.269. The van der Waals surface area contributed by atoms with E-state index in [0.717, 1.165) is 18.2 Å². The van der Waals surface area contributed by atoms with Gasteiger partial charge in [-0.05, 0) is 44.2 Å². The maximum atomic E-state index is 4.67. The number of aromatic nitrogens is 2. The highest BCUT2D eigenvalue weighted by Gasteiger charge is 2.24. The molecule has 0 amide bonds. The van der Waals surface area contributed by atoms with Gasteiger partial charge >= 0.3 is 0 Å². The van der Waals surface area contributed by atoms with Gasteiger partial charge in [0.25, 0.3) is 0 Å². The van der Waals surface area contributed by atoms with Gasteiger partial charge in [-0.1, -0.05) is 49.6 Å². The third-order valence-electron chi connectivity index (χ3n) is 4.98. The first kappa shape index (κ1) is 16.3. The first-order valence-corrected chi connectivity index (χ1v) is 9.06. The summed E-state index contributed by atoms with van der Waals surface area (Å²) in [6.07, 6.45) is 8.91. The zero-order valence-electron chi connectivity index (χ0n) is 14.4. The van der Waals surface area contributed by atoms with Crippen molar-refractivity contribution in [1.29, 1.82) is 0 Å². The number of hydrogen-bond acceptors (Lipinski definition) is 2. The van der Waals surface area contributed by atoms with Gasteiger partial charge in [0, 0.05) is 24.8 Å². The van der Waals surface area contributed by atoms with Crippen molar-refractivity contribution in [1.82, 2.24) is 15.1 Å². The SMILES string of the molecule is CC(C)n1ccc(CN[C@H](c2ccccc2)C2CCCCC2)n1. The first-order chi connectivity index (χ1) is 11.2. The van der Waals surface area contributed by atoms with Crippen molar-refractivity contribution < 1.29 is 0 Å². The van der Waals surface area contributed by atoms with Gasteiger partial charge < -0.3 is 5.32 Å². The summed E-state index contributed by atoms with van der Waals surface area (Å²) in [7, 11) is 0. The third kappa shape index (κ3) is 4.23. The zero-order chi connectivity index (χ0) is 16.1. The molecule has 1 aliphatic carbocycles. The van der Waals surface area contributed by atoms with Gasteiger partial charge in [-0.15, -0.1) is 0 Å². The summed E-state index contributed by atoms with van der Waals surface area (Å²) in [6, 6.07) is 13.9. The lowest BCUT2D eigenvalue weighted by Gasteiger charge is -2.31. The monoisotopic (exact) mass is 311 g/mol. The Labute approximate surface area is 140 Å². The van der Waals surface area contributed by atoms with E-state index in [1.165, 1.54) is 37.7 Å². The molecule has 1 fully saturated rings. The molecule has 0 radical (unpaired) electrons. The van der Waals surface area contributed by atoms with Gasteiger partial charge in [0.05, 0.1) is 5.69 Å². The fourth-order valence-electron chi connectivity index (χ4n) is 3.66. The summed E-state index contributed by atoms with van der Waals surface area (Å²) in [6.45, 7) is 5.17. The lowest BCUT2D eigenvalue weighted by Crippen LogP contribution is -2.29. The number of rotatable bonds is 6. The molecule has 0 bridgehead atoms. The van der Waals surface area contributed by atoms with Crippen LogP contribution in [0.3, 0.4) is 0 Å². The standard InChI is InChI=1S/C20H29N3/c1-16(2)23-14-13-19(22-23)15-21-20(17-9-5-3-6-10-17)18-11-7-4-8-12-18/h3,5-6,9-10,13-14,16,18,20-21H,4,7-8,11-12,15H2,1-2H3/t20-/m1/s1. The quantitative estimate of drug-likeness (QED) is 0.824. The number of benzene rings is 1. The fraction of sp³-hybridized carbons (Fsp3) is 0.550. The van der Waals surface area contributed by atoms with Crippen LogP contribution in [0.25, 0.3) is 0 Å². The summed E-state index contributed by atoms with van der Waals surface area (Å²) in [5.74, 6) is 0.748. The van der Waals surface area contributed by atoms with Crippen LogP contribution in [-0.2, 0) is 6.54 Å². The van der Waals surface area contributed by atoms with Crippen LogP contribution in [-0.4, -0.2) is 9.78 Å². The van der Waals surface area contributed by atoms with Gasteiger partial charge in [0.2, 0.25) is 0 Å². The molecule has 1 aliphatic rings. The molecule has 1 N–H and O–H groups in total. The summed E-state index contributed by atoms with van der Waals surface area (Å²) >= 11 is 0. The second kappa shape index (κ2) is 7.78. The molecule has 0 saturated heterocycles. The highest BCUT2D eigenvalue weighted by Crippen LogP contribution is 2.34. The number of nitrogens with one attached hydrogen (secondary N) is 1. The first-order valence-electron chi connectivity index (χ1n) is 9.06. The van der Waals surface area contributed by atoms with Crippen molar-refractivity contribution in [3.8, 4) is 0 Å². The summed E-state index contributed by atoms with van der Waals surface area (Å²) < 4.78 is 2.04. The predicted molar refractivity (Wildman–Crippen MR) is 95.2 cm³/mol. The molecule has 1 saturated carbocycles. The van der Waals surface area contributed by atoms with Crippen molar-refractivity contribution in [3.05, 3.63) is 53.9 Å². The minimum atomic E-state index is 0.423. The van der Waals surface area contributed by atoms with Crippen molar-refractivity contribution in [3.63, 3.8) is 0 Å². The van der Waals surface area contributed by atoms with Crippen LogP contribution < -0.4 is 5.32 Å². The number of nitrogens with zero attached hydrogens (tertiary/aromatic N) is 2. The van der Waals surface area contributed by atoms with E-state index >= 15 is 0 Å². The summed E-state index contributed by atoms with van der Waals surface area (Å²) in [5, 5.41) is 8.47. The molecule has 3 nitrogen and oxygen atoms in total. The highest BCUT2D eigenvalue weighted by molar-refractivity contribution is 5.20. The van der Waals surface area contributed by atoms with E-state index in [9.17, 15) is 0 Å². The lowest BCUT2D eigenvalue weighted by atomic mass is 9.81. The molecule has 1 atom stereocenters. The Morgan fingerprint density at radius 1 is 1.09 bits per heavy atom. The van der Waals surface area contributed by atoms with E-state index in [2.05, 4.69) is 66.9 Å². The zero-order valence-corrected chi connectivity index (χ0v) is 14.4. The molecule has 0 unspecified atom stereocenters. The van der Waals surface area contributed by atoms with Crippen LogP contribution in [0.2, 0.25) is 0 Å². The van der Waals surface area contributed by atoms with Crippen LogP contribution in [0.1, 0.15) is 69.3 Å². The van der Waals surface area contributed by atoms with Gasteiger partial charge in [-0.3, -0.25) is 4.68 Å². The van der Waals surface area contributed by atoms with Crippen molar-refractivity contribution >= 4 is 0 Å². The normalized spacial score (nSPS) is 17.5. The second-order valence-corrected chi connectivity index (χ2v) is 7.05. The van der Waals surface area contributed by atoms with E-state index < -0.39 is 0 Å². The molecule has 1 aromatic heterocycles. The van der Waals surface area contributed by atoms with Gasteiger partial charge in [0.1, 0.15) is 0 Å². The smallest absolute Gasteiger partial charge is 0.0762 e. The van der Waals surface area contributed by atoms with Crippen molar-refractivity contribution in [2.45, 2.75) is 64.6 Å². The Morgan fingerprint density at radius 2 is 1.83 bits per heavy atom. The van der Waals surface area contributed by atoms with Crippen LogP contribution >= 0.6 is 0 Å². The average Bonchev–Trinajstić information content (AvgIpc) is 3.06. The Morgan fingerprint density at radius 3 is 2.48 bits per heavy atom. The topological polar surface area (TPSA) is 29.9 Å². The van der Waals surface area contributed by atoms with Gasteiger partial charge in [-0.2, -0.15) is 5.10 Å². The van der Waals surface area contributed by atoms with E-state index in [4.69, 9.17) is 0 Å². The minimum Gasteiger partial charge on any atom is -0.304 e. The van der Waals surface area contributed by atoms with Crippen LogP contribution in [0.15, 0.2) is 42.6 Å². The van der Waals surface area contributed by atoms with Crippen molar-refractivity contribution in [2.24, 2.45) is 5.92 Å². The molecule has 1 heterocycles. The van der Waals surface area contributed by atoms with Crippen LogP contribution in [0.4, 0.5) is 0 Å². The predicted octanol–water partition coefficient (Wildman–Crippen LogP) is 4.88. The maximum absolute atomic E-state index is 4.67. The largest absolute Gasteiger partial charge is 0.304 e. The van der Waals surface area contributed by atoms with Gasteiger partial charge in [-0.25, -0.2) is 0 Å². The van der Waals surface area contributed by atoms with E-state index in [-0.39, 0.29) is 0 Å². The van der Waals surface area contributed by atoms with Crippen molar-refractivity contribution in [2.75, 3.05) is 0 Å². The number of hydrogen-bond donors (Lipinski definition) is 1. The molecule has 124 valence electrons. The fourth-order valence-corrected chi connectivity index (χ4v) is 3.66.